The van der Waals surface area contributed by atoms with Crippen molar-refractivity contribution < 1.29 is 48.4 Å². The topological polar surface area (TPSA) is 113 Å². The summed E-state index contributed by atoms with van der Waals surface area (Å²) in [4.78, 5) is 20.1. The van der Waals surface area contributed by atoms with E-state index in [1.165, 1.54) is 0 Å². The fourth-order valence-electron chi connectivity index (χ4n) is 2.61. The van der Waals surface area contributed by atoms with E-state index in [1.54, 1.807) is 0 Å². The molecule has 2 unspecified atom stereocenters. The van der Waals surface area contributed by atoms with Gasteiger partial charge in [0.05, 0.1) is 31.1 Å². The van der Waals surface area contributed by atoms with Crippen molar-refractivity contribution in [3.05, 3.63) is 35.1 Å². The van der Waals surface area contributed by atoms with E-state index in [2.05, 4.69) is 21.0 Å². The van der Waals surface area contributed by atoms with Crippen molar-refractivity contribution in [2.24, 2.45) is 0 Å². The Morgan fingerprint density at radius 1 is 1.14 bits per heavy atom. The van der Waals surface area contributed by atoms with Gasteiger partial charge in [-0.25, -0.2) is 0 Å². The minimum absolute atomic E-state index is 0.142. The molecule has 0 spiro atoms. The van der Waals surface area contributed by atoms with E-state index in [1.807, 2.05) is 31.2 Å². The van der Waals surface area contributed by atoms with Crippen LogP contribution in [0.3, 0.4) is 0 Å². The molecule has 2 fully saturated rings. The number of benzene rings is 1. The van der Waals surface area contributed by atoms with E-state index >= 15 is 0 Å². The fourth-order valence-corrected chi connectivity index (χ4v) is 2.61. The van der Waals surface area contributed by atoms with Gasteiger partial charge in [0.25, 0.3) is 0 Å². The van der Waals surface area contributed by atoms with Crippen LogP contribution in [-0.2, 0) is 38.6 Å². The molecule has 2 saturated heterocycles. The first kappa shape index (κ1) is 24.4. The SMILES string of the molecule is CCOc1ccc(C2OCC(CCCCO)O2)cc1.O=C1CCC(=O)[N-]1.[O]=[Co]. The number of imide groups is 1. The van der Waals surface area contributed by atoms with E-state index in [0.29, 0.717) is 26.1 Å². The van der Waals surface area contributed by atoms with Crippen LogP contribution in [0.1, 0.15) is 50.9 Å². The molecule has 2 amide bonds. The number of rotatable bonds is 7. The van der Waals surface area contributed by atoms with Crippen molar-refractivity contribution in [1.82, 2.24) is 0 Å². The molecule has 159 valence electrons. The molecule has 0 aliphatic carbocycles. The molecule has 0 radical (unpaired) electrons. The van der Waals surface area contributed by atoms with Gasteiger partial charge >= 0.3 is 19.5 Å². The van der Waals surface area contributed by atoms with Crippen molar-refractivity contribution in [2.75, 3.05) is 19.8 Å². The molecule has 9 heteroatoms. The van der Waals surface area contributed by atoms with Crippen LogP contribution in [0.2, 0.25) is 0 Å². The molecule has 1 N–H and O–H groups in total. The summed E-state index contributed by atoms with van der Waals surface area (Å²) in [6.07, 6.45) is 3.25. The van der Waals surface area contributed by atoms with E-state index in [-0.39, 0.29) is 30.8 Å². The molecule has 2 heterocycles. The maximum absolute atomic E-state index is 10.1. The number of ether oxygens (including phenoxy) is 3. The molecule has 0 saturated carbocycles. The Hall–Kier alpha value is -1.65. The van der Waals surface area contributed by atoms with Gasteiger partial charge in [-0.05, 0) is 51.2 Å². The summed E-state index contributed by atoms with van der Waals surface area (Å²) >= 11 is 2.31. The third-order valence-corrected chi connectivity index (χ3v) is 3.95. The Balaban J connectivity index is 0.000000363. The predicted octanol–water partition coefficient (Wildman–Crippen LogP) is 2.75. The number of hydrogen-bond donors (Lipinski definition) is 1. The zero-order valence-corrected chi connectivity index (χ0v) is 16.8. The van der Waals surface area contributed by atoms with Crippen LogP contribution in [0.25, 0.3) is 5.32 Å². The van der Waals surface area contributed by atoms with Gasteiger partial charge in [0.1, 0.15) is 5.75 Å². The van der Waals surface area contributed by atoms with Gasteiger partial charge < -0.3 is 34.2 Å². The second-order valence-corrected chi connectivity index (χ2v) is 6.04. The van der Waals surface area contributed by atoms with E-state index < -0.39 is 0 Å². The third-order valence-electron chi connectivity index (χ3n) is 3.95. The van der Waals surface area contributed by atoms with Crippen molar-refractivity contribution in [3.8, 4) is 5.75 Å². The summed E-state index contributed by atoms with van der Waals surface area (Å²) < 4.78 is 24.8. The Labute approximate surface area is 172 Å². The van der Waals surface area contributed by atoms with Crippen LogP contribution in [0.15, 0.2) is 24.3 Å². The zero-order chi connectivity index (χ0) is 20.8. The first-order chi connectivity index (χ1) is 13.6. The van der Waals surface area contributed by atoms with Crippen LogP contribution in [0.5, 0.6) is 5.75 Å². The number of nitrogens with zero attached hydrogens (tertiary/aromatic N) is 1. The van der Waals surface area contributed by atoms with Crippen LogP contribution >= 0.6 is 0 Å². The van der Waals surface area contributed by atoms with Crippen molar-refractivity contribution in [1.29, 1.82) is 0 Å². The Kier molecular flexibility index (Phi) is 12.5. The molecule has 3 rings (SSSR count). The van der Waals surface area contributed by atoms with Gasteiger partial charge in [0.2, 0.25) is 0 Å². The molecule has 1 aromatic rings. The summed E-state index contributed by atoms with van der Waals surface area (Å²) in [6, 6.07) is 7.83. The van der Waals surface area contributed by atoms with Crippen molar-refractivity contribution in [2.45, 2.75) is 51.4 Å². The van der Waals surface area contributed by atoms with E-state index in [0.717, 1.165) is 30.6 Å². The minimum atomic E-state index is -0.273. The summed E-state index contributed by atoms with van der Waals surface area (Å²) in [5, 5.41) is 11.9. The van der Waals surface area contributed by atoms with E-state index in [4.69, 9.17) is 23.2 Å². The van der Waals surface area contributed by atoms with Crippen LogP contribution in [0, 0.1) is 0 Å². The van der Waals surface area contributed by atoms with E-state index in [9.17, 15) is 9.59 Å². The second-order valence-electron chi connectivity index (χ2n) is 6.04. The van der Waals surface area contributed by atoms with Gasteiger partial charge in [-0.15, -0.1) is 0 Å². The number of unbranched alkanes of at least 4 members (excludes halogenated alkanes) is 1. The van der Waals surface area contributed by atoms with Crippen LogP contribution in [0.4, 0.5) is 0 Å². The van der Waals surface area contributed by atoms with Crippen molar-refractivity contribution >= 4 is 11.8 Å². The molecular weight excluding hydrogens is 413 g/mol. The number of carbonyl (C=O) groups excluding carboxylic acids is 2. The summed E-state index contributed by atoms with van der Waals surface area (Å²) in [7, 11) is 0. The van der Waals surface area contributed by atoms with Gasteiger partial charge in [-0.1, -0.05) is 12.1 Å². The average molecular weight is 439 g/mol. The Morgan fingerprint density at radius 3 is 2.29 bits per heavy atom. The number of hydrogen-bond acceptors (Lipinski definition) is 7. The zero-order valence-electron chi connectivity index (χ0n) is 15.8. The first-order valence-electron chi connectivity index (χ1n) is 9.14. The van der Waals surface area contributed by atoms with Gasteiger partial charge in [0, 0.05) is 12.2 Å². The molecule has 8 nitrogen and oxygen atoms in total. The third kappa shape index (κ3) is 9.02. The molecule has 28 heavy (non-hydrogen) atoms. The van der Waals surface area contributed by atoms with Crippen LogP contribution in [-0.4, -0.2) is 42.8 Å². The number of aliphatic hydroxyl groups is 1. The normalized spacial score (nSPS) is 20.5. The average Bonchev–Trinajstić information content (AvgIpc) is 3.34. The fraction of sp³-hybridized carbons (Fsp3) is 0.579. The monoisotopic (exact) mass is 439 g/mol. The maximum atomic E-state index is 10.1. The standard InChI is InChI=1S/C15H22O4.C4H5NO2.Co.O/c1-2-17-13-8-6-12(7-9-13)15-18-11-14(19-15)5-3-4-10-16;6-3-1-2-4(7)5-3;;/h6-9,14-16H,2-5,10-11H2,1H3;1-2H2,(H,5,6,7);;/p-1. The molecule has 2 atom stereocenters. The van der Waals surface area contributed by atoms with Gasteiger partial charge in [-0.3, -0.25) is 0 Å². The molecule has 0 aromatic heterocycles. The Morgan fingerprint density at radius 2 is 1.79 bits per heavy atom. The summed E-state index contributed by atoms with van der Waals surface area (Å²) in [5.74, 6) is 0.318. The molecular formula is C19H26CoNO7-. The molecule has 2 aliphatic heterocycles. The molecule has 1 aromatic carbocycles. The first-order valence-corrected chi connectivity index (χ1v) is 9.56. The summed E-state index contributed by atoms with van der Waals surface area (Å²) in [5.41, 5.74) is 1.02. The van der Waals surface area contributed by atoms with Crippen molar-refractivity contribution in [3.63, 3.8) is 0 Å². The van der Waals surface area contributed by atoms with Crippen LogP contribution < -0.4 is 4.74 Å². The number of carbonyl (C=O) groups is 2. The van der Waals surface area contributed by atoms with Gasteiger partial charge in [0.15, 0.2) is 6.29 Å². The number of aliphatic hydroxyl groups excluding tert-OH is 1. The predicted molar refractivity (Wildman–Crippen MR) is 95.4 cm³/mol. The van der Waals surface area contributed by atoms with Gasteiger partial charge in [-0.2, -0.15) is 0 Å². The second kappa shape index (κ2) is 14.4. The molecule has 2 aliphatic rings. The molecule has 0 bridgehead atoms. The summed E-state index contributed by atoms with van der Waals surface area (Å²) in [6.45, 7) is 3.51. The number of amides is 2. The Bertz CT molecular complexity index is 582. The quantitative estimate of drug-likeness (QED) is 0.513.